The fourth-order valence-corrected chi connectivity index (χ4v) is 2.20. The van der Waals surface area contributed by atoms with Crippen molar-refractivity contribution >= 4 is 5.97 Å². The summed E-state index contributed by atoms with van der Waals surface area (Å²) in [4.78, 5) is 10.8. The normalized spacial score (nSPS) is 33.1. The van der Waals surface area contributed by atoms with Gasteiger partial charge in [-0.3, -0.25) is 4.79 Å². The van der Waals surface area contributed by atoms with Crippen LogP contribution in [0.5, 0.6) is 0 Å². The minimum atomic E-state index is -0.783. The predicted molar refractivity (Wildman–Crippen MR) is 49.2 cm³/mol. The highest BCUT2D eigenvalue weighted by atomic mass is 16.4. The molecule has 2 N–H and O–H groups in total. The number of hydrogen-bond acceptors (Lipinski definition) is 2. The number of rotatable bonds is 3. The van der Waals surface area contributed by atoms with Crippen LogP contribution in [0.15, 0.2) is 0 Å². The van der Waals surface area contributed by atoms with E-state index in [1.165, 1.54) is 0 Å². The number of carboxylic acid groups (broad SMARTS) is 1. The van der Waals surface area contributed by atoms with Crippen LogP contribution < -0.4 is 0 Å². The molecule has 1 aliphatic carbocycles. The van der Waals surface area contributed by atoms with E-state index in [1.54, 1.807) is 0 Å². The van der Waals surface area contributed by atoms with E-state index < -0.39 is 12.1 Å². The van der Waals surface area contributed by atoms with Gasteiger partial charge in [0, 0.05) is 5.92 Å². The standard InChI is InChI=1S/C10H18O3/c1-5(2)8(11)6-7(9(12)13)10(6,3)4/h5-8,11H,1-4H3,(H,12,13). The maximum atomic E-state index is 10.8. The largest absolute Gasteiger partial charge is 0.481 e. The van der Waals surface area contributed by atoms with Gasteiger partial charge in [-0.1, -0.05) is 27.7 Å². The van der Waals surface area contributed by atoms with Gasteiger partial charge in [-0.2, -0.15) is 0 Å². The summed E-state index contributed by atoms with van der Waals surface area (Å²) < 4.78 is 0. The Balaban J connectivity index is 2.70. The van der Waals surface area contributed by atoms with Gasteiger partial charge in [0.05, 0.1) is 12.0 Å². The van der Waals surface area contributed by atoms with Crippen LogP contribution in [-0.4, -0.2) is 22.3 Å². The van der Waals surface area contributed by atoms with E-state index in [4.69, 9.17) is 5.11 Å². The zero-order valence-corrected chi connectivity index (χ0v) is 8.61. The summed E-state index contributed by atoms with van der Waals surface area (Å²) in [6.45, 7) is 7.64. The van der Waals surface area contributed by atoms with Crippen LogP contribution in [-0.2, 0) is 4.79 Å². The fraction of sp³-hybridized carbons (Fsp3) is 0.900. The third-order valence-corrected chi connectivity index (χ3v) is 3.23. The van der Waals surface area contributed by atoms with Crippen LogP contribution in [0.2, 0.25) is 0 Å². The van der Waals surface area contributed by atoms with Crippen LogP contribution in [0.1, 0.15) is 27.7 Å². The second-order valence-corrected chi connectivity index (χ2v) is 4.90. The average Bonchev–Trinajstić information content (AvgIpc) is 2.51. The second-order valence-electron chi connectivity index (χ2n) is 4.90. The molecule has 3 nitrogen and oxygen atoms in total. The van der Waals surface area contributed by atoms with Crippen molar-refractivity contribution in [1.29, 1.82) is 0 Å². The molecule has 0 aromatic carbocycles. The van der Waals surface area contributed by atoms with E-state index in [0.717, 1.165) is 0 Å². The number of aliphatic hydroxyl groups is 1. The van der Waals surface area contributed by atoms with Crippen molar-refractivity contribution in [2.75, 3.05) is 0 Å². The molecule has 0 radical (unpaired) electrons. The predicted octanol–water partition coefficient (Wildman–Crippen LogP) is 1.36. The Bertz CT molecular complexity index is 220. The van der Waals surface area contributed by atoms with E-state index in [2.05, 4.69) is 0 Å². The van der Waals surface area contributed by atoms with Crippen LogP contribution in [0.25, 0.3) is 0 Å². The first-order valence-electron chi connectivity index (χ1n) is 4.71. The van der Waals surface area contributed by atoms with Crippen LogP contribution >= 0.6 is 0 Å². The molecule has 1 rings (SSSR count). The number of aliphatic hydroxyl groups excluding tert-OH is 1. The lowest BCUT2D eigenvalue weighted by molar-refractivity contribution is -0.139. The SMILES string of the molecule is CC(C)C(O)C1C(C(=O)O)C1(C)C. The Hall–Kier alpha value is -0.570. The zero-order chi connectivity index (χ0) is 10.4. The van der Waals surface area contributed by atoms with E-state index >= 15 is 0 Å². The molecule has 76 valence electrons. The molecule has 3 heteroatoms. The number of aliphatic carboxylic acids is 1. The van der Waals surface area contributed by atoms with Crippen molar-refractivity contribution < 1.29 is 15.0 Å². The third-order valence-electron chi connectivity index (χ3n) is 3.23. The lowest BCUT2D eigenvalue weighted by atomic mass is 9.98. The lowest BCUT2D eigenvalue weighted by Gasteiger charge is -2.15. The summed E-state index contributed by atoms with van der Waals surface area (Å²) in [5.41, 5.74) is -0.241. The zero-order valence-electron chi connectivity index (χ0n) is 8.61. The van der Waals surface area contributed by atoms with Crippen molar-refractivity contribution in [3.8, 4) is 0 Å². The second kappa shape index (κ2) is 2.98. The Labute approximate surface area is 78.8 Å². The Morgan fingerprint density at radius 2 is 1.85 bits per heavy atom. The van der Waals surface area contributed by atoms with Crippen LogP contribution in [0, 0.1) is 23.2 Å². The molecule has 3 atom stereocenters. The summed E-state index contributed by atoms with van der Waals surface area (Å²) in [5.74, 6) is -1.10. The van der Waals surface area contributed by atoms with Crippen molar-refractivity contribution in [3.05, 3.63) is 0 Å². The van der Waals surface area contributed by atoms with Gasteiger partial charge in [-0.25, -0.2) is 0 Å². The summed E-state index contributed by atoms with van der Waals surface area (Å²) in [6.07, 6.45) is -0.490. The molecule has 0 aliphatic heterocycles. The first-order valence-corrected chi connectivity index (χ1v) is 4.71. The molecule has 0 saturated heterocycles. The van der Waals surface area contributed by atoms with Crippen molar-refractivity contribution in [2.45, 2.75) is 33.8 Å². The molecule has 1 saturated carbocycles. The van der Waals surface area contributed by atoms with Gasteiger partial charge in [0.1, 0.15) is 0 Å². The highest BCUT2D eigenvalue weighted by molar-refractivity contribution is 5.75. The topological polar surface area (TPSA) is 57.5 Å². The van der Waals surface area contributed by atoms with Gasteiger partial charge >= 0.3 is 5.97 Å². The van der Waals surface area contributed by atoms with E-state index in [0.29, 0.717) is 0 Å². The molecule has 0 aromatic heterocycles. The van der Waals surface area contributed by atoms with Gasteiger partial charge in [-0.05, 0) is 11.3 Å². The minimum absolute atomic E-state index is 0.0787. The summed E-state index contributed by atoms with van der Waals surface area (Å²) in [7, 11) is 0. The van der Waals surface area contributed by atoms with Crippen molar-refractivity contribution in [3.63, 3.8) is 0 Å². The number of carboxylic acids is 1. The highest BCUT2D eigenvalue weighted by Gasteiger charge is 2.65. The van der Waals surface area contributed by atoms with E-state index in [1.807, 2.05) is 27.7 Å². The molecule has 0 heterocycles. The Morgan fingerprint density at radius 3 is 2.08 bits per heavy atom. The minimum Gasteiger partial charge on any atom is -0.481 e. The molecule has 3 unspecified atom stereocenters. The lowest BCUT2D eigenvalue weighted by Crippen LogP contribution is -2.20. The molecule has 1 fully saturated rings. The average molecular weight is 186 g/mol. The van der Waals surface area contributed by atoms with Gasteiger partial charge in [0.25, 0.3) is 0 Å². The molecule has 0 amide bonds. The molecular weight excluding hydrogens is 168 g/mol. The number of hydrogen-bond donors (Lipinski definition) is 2. The van der Waals surface area contributed by atoms with Crippen LogP contribution in [0.4, 0.5) is 0 Å². The first kappa shape index (κ1) is 10.5. The fourth-order valence-electron chi connectivity index (χ4n) is 2.20. The third kappa shape index (κ3) is 1.57. The monoisotopic (exact) mass is 186 g/mol. The van der Waals surface area contributed by atoms with E-state index in [9.17, 15) is 9.90 Å². The van der Waals surface area contributed by atoms with Crippen LogP contribution in [0.3, 0.4) is 0 Å². The smallest absolute Gasteiger partial charge is 0.307 e. The Kier molecular flexibility index (Phi) is 2.41. The van der Waals surface area contributed by atoms with Gasteiger partial charge < -0.3 is 10.2 Å². The summed E-state index contributed by atoms with van der Waals surface area (Å²) in [5, 5.41) is 18.6. The summed E-state index contributed by atoms with van der Waals surface area (Å²) in [6, 6.07) is 0. The first-order chi connectivity index (χ1) is 5.80. The maximum Gasteiger partial charge on any atom is 0.307 e. The highest BCUT2D eigenvalue weighted by Crippen LogP contribution is 2.60. The molecule has 1 aliphatic rings. The van der Waals surface area contributed by atoms with Gasteiger partial charge in [-0.15, -0.1) is 0 Å². The quantitative estimate of drug-likeness (QED) is 0.699. The Morgan fingerprint density at radius 1 is 1.38 bits per heavy atom. The summed E-state index contributed by atoms with van der Waals surface area (Å²) >= 11 is 0. The van der Waals surface area contributed by atoms with Crippen molar-refractivity contribution in [2.24, 2.45) is 23.2 Å². The molecule has 0 bridgehead atoms. The maximum absolute atomic E-state index is 10.8. The van der Waals surface area contributed by atoms with Crippen molar-refractivity contribution in [1.82, 2.24) is 0 Å². The molecule has 13 heavy (non-hydrogen) atoms. The van der Waals surface area contributed by atoms with Gasteiger partial charge in [0.15, 0.2) is 0 Å². The van der Waals surface area contributed by atoms with E-state index in [-0.39, 0.29) is 23.2 Å². The molecule has 0 spiro atoms. The number of carbonyl (C=O) groups is 1. The van der Waals surface area contributed by atoms with Gasteiger partial charge in [0.2, 0.25) is 0 Å². The molecule has 0 aromatic rings. The molecular formula is C10H18O3.